The minimum atomic E-state index is -0.948. The Morgan fingerprint density at radius 2 is 2.09 bits per heavy atom. The molecule has 2 aromatic rings. The van der Waals surface area contributed by atoms with Crippen molar-refractivity contribution >= 4 is 5.91 Å². The van der Waals surface area contributed by atoms with Crippen molar-refractivity contribution in [3.8, 4) is 11.5 Å². The second kappa shape index (κ2) is 6.75. The lowest BCUT2D eigenvalue weighted by atomic mass is 9.88. The van der Waals surface area contributed by atoms with E-state index in [0.29, 0.717) is 5.89 Å². The topological polar surface area (TPSA) is 75.4 Å². The molecule has 2 rings (SSSR count). The Morgan fingerprint density at radius 3 is 2.73 bits per heavy atom. The van der Waals surface area contributed by atoms with E-state index in [4.69, 9.17) is 4.42 Å². The highest BCUT2D eigenvalue weighted by atomic mass is 16.3. The lowest BCUT2D eigenvalue weighted by Crippen LogP contribution is -2.45. The Balaban J connectivity index is 2.01. The lowest BCUT2D eigenvalue weighted by molar-refractivity contribution is 0.00588. The van der Waals surface area contributed by atoms with Gasteiger partial charge in [-0.05, 0) is 25.0 Å². The first kappa shape index (κ1) is 16.2. The molecule has 2 N–H and O–H groups in total. The van der Waals surface area contributed by atoms with Gasteiger partial charge in [0.15, 0.2) is 5.69 Å². The number of aromatic nitrogens is 1. The summed E-state index contributed by atoms with van der Waals surface area (Å²) in [5.41, 5.74) is 0.0723. The first-order valence-corrected chi connectivity index (χ1v) is 7.45. The van der Waals surface area contributed by atoms with Gasteiger partial charge in [-0.1, -0.05) is 38.5 Å². The summed E-state index contributed by atoms with van der Waals surface area (Å²) < 4.78 is 5.34. The van der Waals surface area contributed by atoms with Crippen molar-refractivity contribution in [3.05, 3.63) is 42.3 Å². The van der Waals surface area contributed by atoms with Gasteiger partial charge in [0.2, 0.25) is 5.89 Å². The van der Waals surface area contributed by atoms with Crippen molar-refractivity contribution in [3.63, 3.8) is 0 Å². The van der Waals surface area contributed by atoms with E-state index in [2.05, 4.69) is 10.3 Å². The zero-order valence-corrected chi connectivity index (χ0v) is 13.2. The molecule has 118 valence electrons. The van der Waals surface area contributed by atoms with Crippen LogP contribution in [0.3, 0.4) is 0 Å². The van der Waals surface area contributed by atoms with Crippen LogP contribution in [0.1, 0.15) is 37.7 Å². The van der Waals surface area contributed by atoms with Crippen molar-refractivity contribution in [2.45, 2.75) is 32.8 Å². The maximum absolute atomic E-state index is 12.1. The second-order valence-corrected chi connectivity index (χ2v) is 5.75. The van der Waals surface area contributed by atoms with Gasteiger partial charge in [0.1, 0.15) is 6.26 Å². The number of aliphatic hydroxyl groups is 1. The van der Waals surface area contributed by atoms with Crippen LogP contribution in [0.5, 0.6) is 0 Å². The maximum Gasteiger partial charge on any atom is 0.273 e. The highest BCUT2D eigenvalue weighted by molar-refractivity contribution is 5.92. The van der Waals surface area contributed by atoms with E-state index in [-0.39, 0.29) is 24.1 Å². The molecule has 0 saturated carbocycles. The van der Waals surface area contributed by atoms with Crippen LogP contribution in [-0.4, -0.2) is 28.1 Å². The van der Waals surface area contributed by atoms with Crippen LogP contribution >= 0.6 is 0 Å². The molecule has 5 heteroatoms. The first-order valence-electron chi connectivity index (χ1n) is 7.45. The van der Waals surface area contributed by atoms with Crippen molar-refractivity contribution < 1.29 is 14.3 Å². The molecule has 0 spiro atoms. The Morgan fingerprint density at radius 1 is 1.41 bits per heavy atom. The summed E-state index contributed by atoms with van der Waals surface area (Å²) in [6.45, 7) is 5.86. The standard InChI is InChI=1S/C17H22N2O3/c1-4-12(2)17(3,21)11-18-15(20)14-10-22-16(19-14)13-8-6-5-7-9-13/h5-10,12,21H,4,11H2,1-3H3,(H,18,20). The number of carbonyl (C=O) groups is 1. The molecule has 0 fully saturated rings. The Labute approximate surface area is 130 Å². The molecular weight excluding hydrogens is 280 g/mol. The van der Waals surface area contributed by atoms with Crippen LogP contribution in [0.25, 0.3) is 11.5 Å². The quantitative estimate of drug-likeness (QED) is 0.860. The largest absolute Gasteiger partial charge is 0.444 e. The Kier molecular flexibility index (Phi) is 4.98. The van der Waals surface area contributed by atoms with E-state index in [0.717, 1.165) is 12.0 Å². The summed E-state index contributed by atoms with van der Waals surface area (Å²) >= 11 is 0. The van der Waals surface area contributed by atoms with Crippen molar-refractivity contribution in [2.24, 2.45) is 5.92 Å². The molecular formula is C17H22N2O3. The lowest BCUT2D eigenvalue weighted by Gasteiger charge is -2.29. The number of carbonyl (C=O) groups excluding carboxylic acids is 1. The number of rotatable bonds is 6. The van der Waals surface area contributed by atoms with Crippen molar-refractivity contribution in [1.29, 1.82) is 0 Å². The molecule has 0 radical (unpaired) electrons. The first-order chi connectivity index (χ1) is 10.4. The predicted molar refractivity (Wildman–Crippen MR) is 84.4 cm³/mol. The molecule has 0 aliphatic carbocycles. The zero-order chi connectivity index (χ0) is 16.2. The highest BCUT2D eigenvalue weighted by Crippen LogP contribution is 2.20. The Bertz CT molecular complexity index is 620. The zero-order valence-electron chi connectivity index (χ0n) is 13.2. The molecule has 2 unspecified atom stereocenters. The van der Waals surface area contributed by atoms with Gasteiger partial charge in [-0.3, -0.25) is 4.79 Å². The summed E-state index contributed by atoms with van der Waals surface area (Å²) in [6.07, 6.45) is 2.17. The molecule has 0 aliphatic heterocycles. The molecule has 22 heavy (non-hydrogen) atoms. The van der Waals surface area contributed by atoms with E-state index >= 15 is 0 Å². The summed E-state index contributed by atoms with van der Waals surface area (Å²) in [6, 6.07) is 9.38. The fourth-order valence-corrected chi connectivity index (χ4v) is 2.06. The van der Waals surface area contributed by atoms with Crippen LogP contribution in [0.4, 0.5) is 0 Å². The van der Waals surface area contributed by atoms with E-state index in [1.165, 1.54) is 6.26 Å². The van der Waals surface area contributed by atoms with Gasteiger partial charge in [0, 0.05) is 12.1 Å². The average molecular weight is 302 g/mol. The van der Waals surface area contributed by atoms with Gasteiger partial charge in [-0.2, -0.15) is 0 Å². The summed E-state index contributed by atoms with van der Waals surface area (Å²) in [5.74, 6) is 0.138. The molecule has 1 aromatic carbocycles. The van der Waals surface area contributed by atoms with Gasteiger partial charge in [0.25, 0.3) is 5.91 Å². The number of oxazole rings is 1. The monoisotopic (exact) mass is 302 g/mol. The van der Waals surface area contributed by atoms with Gasteiger partial charge in [-0.25, -0.2) is 4.98 Å². The Hall–Kier alpha value is -2.14. The highest BCUT2D eigenvalue weighted by Gasteiger charge is 2.28. The predicted octanol–water partition coefficient (Wildman–Crippen LogP) is 2.87. The van der Waals surface area contributed by atoms with Gasteiger partial charge in [0.05, 0.1) is 5.60 Å². The number of amides is 1. The van der Waals surface area contributed by atoms with E-state index in [1.807, 2.05) is 44.2 Å². The number of benzene rings is 1. The van der Waals surface area contributed by atoms with Gasteiger partial charge >= 0.3 is 0 Å². The van der Waals surface area contributed by atoms with E-state index in [9.17, 15) is 9.90 Å². The number of nitrogens with zero attached hydrogens (tertiary/aromatic N) is 1. The molecule has 1 heterocycles. The third-order valence-electron chi connectivity index (χ3n) is 4.04. The van der Waals surface area contributed by atoms with E-state index in [1.54, 1.807) is 6.92 Å². The van der Waals surface area contributed by atoms with Crippen LogP contribution in [0.2, 0.25) is 0 Å². The maximum atomic E-state index is 12.1. The third kappa shape index (κ3) is 3.74. The molecule has 5 nitrogen and oxygen atoms in total. The smallest absolute Gasteiger partial charge is 0.273 e. The number of nitrogens with one attached hydrogen (secondary N) is 1. The van der Waals surface area contributed by atoms with Crippen LogP contribution in [-0.2, 0) is 0 Å². The van der Waals surface area contributed by atoms with Crippen LogP contribution in [0, 0.1) is 5.92 Å². The van der Waals surface area contributed by atoms with Crippen molar-refractivity contribution in [1.82, 2.24) is 10.3 Å². The molecule has 0 aliphatic rings. The van der Waals surface area contributed by atoms with Gasteiger partial charge < -0.3 is 14.8 Å². The molecule has 0 saturated heterocycles. The molecule has 1 amide bonds. The fraction of sp³-hybridized carbons (Fsp3) is 0.412. The number of hydrogen-bond acceptors (Lipinski definition) is 4. The normalized spacial score (nSPS) is 15.1. The van der Waals surface area contributed by atoms with Crippen LogP contribution < -0.4 is 5.32 Å². The molecule has 2 atom stereocenters. The molecule has 1 aromatic heterocycles. The SMILES string of the molecule is CCC(C)C(C)(O)CNC(=O)c1coc(-c2ccccc2)n1. The van der Waals surface area contributed by atoms with Crippen molar-refractivity contribution in [2.75, 3.05) is 6.54 Å². The number of hydrogen-bond donors (Lipinski definition) is 2. The van der Waals surface area contributed by atoms with Crippen LogP contribution in [0.15, 0.2) is 41.0 Å². The summed E-state index contributed by atoms with van der Waals surface area (Å²) in [7, 11) is 0. The summed E-state index contributed by atoms with van der Waals surface area (Å²) in [4.78, 5) is 16.3. The molecule has 0 bridgehead atoms. The average Bonchev–Trinajstić information content (AvgIpc) is 3.02. The second-order valence-electron chi connectivity index (χ2n) is 5.75. The summed E-state index contributed by atoms with van der Waals surface area (Å²) in [5, 5.41) is 13.0. The minimum absolute atomic E-state index is 0.0880. The van der Waals surface area contributed by atoms with Gasteiger partial charge in [-0.15, -0.1) is 0 Å². The van der Waals surface area contributed by atoms with E-state index < -0.39 is 5.60 Å². The third-order valence-corrected chi connectivity index (χ3v) is 4.04. The minimum Gasteiger partial charge on any atom is -0.444 e. The fourth-order valence-electron chi connectivity index (χ4n) is 2.06.